The Morgan fingerprint density at radius 2 is 2.00 bits per heavy atom. The minimum absolute atomic E-state index is 0.0434. The molecule has 0 aliphatic carbocycles. The van der Waals surface area contributed by atoms with Gasteiger partial charge in [-0.2, -0.15) is 0 Å². The van der Waals surface area contributed by atoms with Crippen molar-refractivity contribution in [3.05, 3.63) is 53.7 Å². The maximum Gasteiger partial charge on any atom is 0.230 e. The molecule has 8 heteroatoms. The molecule has 2 N–H and O–H groups in total. The largest absolute Gasteiger partial charge is 0.432 e. The van der Waals surface area contributed by atoms with Crippen LogP contribution in [0.3, 0.4) is 0 Å². The monoisotopic (exact) mass is 323 g/mol. The molecule has 0 saturated heterocycles. The molecule has 0 atom stereocenters. The summed E-state index contributed by atoms with van der Waals surface area (Å²) in [4.78, 5) is 8.01. The number of nitrogens with zero attached hydrogens (tertiary/aromatic N) is 2. The highest BCUT2D eigenvalue weighted by atomic mass is 19.1. The predicted molar refractivity (Wildman–Crippen MR) is 78.9 cm³/mol. The third-order valence-electron chi connectivity index (χ3n) is 2.82. The first-order valence-electron chi connectivity index (χ1n) is 6.68. The highest BCUT2D eigenvalue weighted by Gasteiger charge is 2.16. The van der Waals surface area contributed by atoms with Gasteiger partial charge in [-0.15, -0.1) is 0 Å². The van der Waals surface area contributed by atoms with Gasteiger partial charge in [-0.3, -0.25) is 15.7 Å². The standard InChI is InChI=1S/C15H15F2N3O3/c1-22-9-8-18-14(20-21)10-4-3-7-19-15(10)23-13-11(16)5-2-6-12(13)17/h2-7,21H,8-9H2,1H3,(H,18,20). The second-order valence-corrected chi connectivity index (χ2v) is 4.34. The van der Waals surface area contributed by atoms with Crippen LogP contribution in [-0.4, -0.2) is 36.3 Å². The zero-order valence-electron chi connectivity index (χ0n) is 12.3. The van der Waals surface area contributed by atoms with Gasteiger partial charge in [0.15, 0.2) is 17.5 Å². The molecule has 0 radical (unpaired) electrons. The number of methoxy groups -OCH3 is 1. The van der Waals surface area contributed by atoms with Gasteiger partial charge in [-0.1, -0.05) is 6.07 Å². The van der Waals surface area contributed by atoms with Crippen molar-refractivity contribution in [3.63, 3.8) is 0 Å². The number of aliphatic imine (C=N–C) groups is 1. The zero-order valence-corrected chi connectivity index (χ0v) is 12.3. The van der Waals surface area contributed by atoms with Crippen LogP contribution in [0.2, 0.25) is 0 Å². The highest BCUT2D eigenvalue weighted by Crippen LogP contribution is 2.28. The second kappa shape index (κ2) is 8.16. The van der Waals surface area contributed by atoms with Crippen molar-refractivity contribution in [1.29, 1.82) is 0 Å². The lowest BCUT2D eigenvalue weighted by Crippen LogP contribution is -2.22. The fourth-order valence-corrected chi connectivity index (χ4v) is 1.76. The van der Waals surface area contributed by atoms with Crippen molar-refractivity contribution < 1.29 is 23.5 Å². The highest BCUT2D eigenvalue weighted by molar-refractivity contribution is 6.00. The summed E-state index contributed by atoms with van der Waals surface area (Å²) >= 11 is 0. The summed E-state index contributed by atoms with van der Waals surface area (Å²) in [5.41, 5.74) is 2.16. The van der Waals surface area contributed by atoms with Crippen molar-refractivity contribution in [2.45, 2.75) is 0 Å². The van der Waals surface area contributed by atoms with Crippen LogP contribution < -0.4 is 10.2 Å². The quantitative estimate of drug-likeness (QED) is 0.370. The minimum atomic E-state index is -0.864. The lowest BCUT2D eigenvalue weighted by molar-refractivity contribution is 0.206. The molecule has 2 rings (SSSR count). The molecular weight excluding hydrogens is 308 g/mol. The van der Waals surface area contributed by atoms with Gasteiger partial charge in [-0.05, 0) is 24.3 Å². The summed E-state index contributed by atoms with van der Waals surface area (Å²) in [6, 6.07) is 6.47. The van der Waals surface area contributed by atoms with Crippen molar-refractivity contribution in [1.82, 2.24) is 10.5 Å². The third kappa shape index (κ3) is 4.21. The Morgan fingerprint density at radius 1 is 1.26 bits per heavy atom. The van der Waals surface area contributed by atoms with Gasteiger partial charge in [0.05, 0.1) is 18.7 Å². The molecular formula is C15H15F2N3O3. The summed E-state index contributed by atoms with van der Waals surface area (Å²) in [6.45, 7) is 0.603. The normalized spacial score (nSPS) is 11.4. The molecule has 0 aliphatic rings. The maximum atomic E-state index is 13.7. The number of pyridine rings is 1. The summed E-state index contributed by atoms with van der Waals surface area (Å²) < 4.78 is 37.5. The van der Waals surface area contributed by atoms with Gasteiger partial charge in [0.25, 0.3) is 0 Å². The fourth-order valence-electron chi connectivity index (χ4n) is 1.76. The lowest BCUT2D eigenvalue weighted by atomic mass is 10.2. The smallest absolute Gasteiger partial charge is 0.230 e. The summed E-state index contributed by atoms with van der Waals surface area (Å²) in [7, 11) is 1.52. The molecule has 0 aliphatic heterocycles. The van der Waals surface area contributed by atoms with E-state index in [1.807, 2.05) is 5.48 Å². The average Bonchev–Trinajstić information content (AvgIpc) is 2.56. The number of para-hydroxylation sites is 1. The molecule has 0 spiro atoms. The summed E-state index contributed by atoms with van der Waals surface area (Å²) in [6.07, 6.45) is 1.39. The van der Waals surface area contributed by atoms with Crippen LogP contribution in [0.1, 0.15) is 5.56 Å². The number of rotatable bonds is 6. The van der Waals surface area contributed by atoms with Crippen LogP contribution in [0.25, 0.3) is 0 Å². The van der Waals surface area contributed by atoms with E-state index in [1.165, 1.54) is 25.4 Å². The third-order valence-corrected chi connectivity index (χ3v) is 2.82. The van der Waals surface area contributed by atoms with Crippen molar-refractivity contribution in [2.75, 3.05) is 20.3 Å². The Hall–Kier alpha value is -2.58. The number of hydrogen-bond acceptors (Lipinski definition) is 5. The van der Waals surface area contributed by atoms with Crippen LogP contribution in [-0.2, 0) is 4.74 Å². The van der Waals surface area contributed by atoms with Crippen LogP contribution >= 0.6 is 0 Å². The number of benzene rings is 1. The number of amidine groups is 1. The number of hydroxylamine groups is 1. The van der Waals surface area contributed by atoms with Gasteiger partial charge in [0.2, 0.25) is 11.6 Å². The molecule has 0 amide bonds. The Labute approximate surface area is 131 Å². The van der Waals surface area contributed by atoms with Crippen LogP contribution in [0.5, 0.6) is 11.6 Å². The van der Waals surface area contributed by atoms with Gasteiger partial charge >= 0.3 is 0 Å². The SMILES string of the molecule is COCCN=C(NO)c1cccnc1Oc1c(F)cccc1F. The maximum absolute atomic E-state index is 13.7. The van der Waals surface area contributed by atoms with Gasteiger partial charge in [-0.25, -0.2) is 13.8 Å². The molecule has 0 fully saturated rings. The molecule has 0 saturated carbocycles. The number of hydrogen-bond donors (Lipinski definition) is 2. The van der Waals surface area contributed by atoms with Crippen LogP contribution in [0, 0.1) is 11.6 Å². The van der Waals surface area contributed by atoms with Crippen LogP contribution in [0.15, 0.2) is 41.5 Å². The van der Waals surface area contributed by atoms with E-state index in [9.17, 15) is 14.0 Å². The second-order valence-electron chi connectivity index (χ2n) is 4.34. The van der Waals surface area contributed by atoms with E-state index in [2.05, 4.69) is 9.98 Å². The minimum Gasteiger partial charge on any atom is -0.432 e. The van der Waals surface area contributed by atoms with E-state index < -0.39 is 17.4 Å². The molecule has 122 valence electrons. The first-order valence-corrected chi connectivity index (χ1v) is 6.68. The summed E-state index contributed by atoms with van der Waals surface area (Å²) in [5.74, 6) is -2.37. The average molecular weight is 323 g/mol. The summed E-state index contributed by atoms with van der Waals surface area (Å²) in [5, 5.41) is 9.23. The van der Waals surface area contributed by atoms with Crippen LogP contribution in [0.4, 0.5) is 8.78 Å². The Bertz CT molecular complexity index is 675. The first kappa shape index (κ1) is 16.8. The number of nitrogens with one attached hydrogen (secondary N) is 1. The topological polar surface area (TPSA) is 76.0 Å². The fraction of sp³-hybridized carbons (Fsp3) is 0.200. The lowest BCUT2D eigenvalue weighted by Gasteiger charge is -2.12. The molecule has 0 unspecified atom stereocenters. The molecule has 1 heterocycles. The van der Waals surface area contributed by atoms with Crippen molar-refractivity contribution >= 4 is 5.84 Å². The Kier molecular flexibility index (Phi) is 5.95. The Balaban J connectivity index is 2.35. The van der Waals surface area contributed by atoms with Gasteiger partial charge in [0, 0.05) is 13.3 Å². The van der Waals surface area contributed by atoms with Gasteiger partial charge in [0.1, 0.15) is 0 Å². The molecule has 2 aromatic rings. The molecule has 1 aromatic carbocycles. The molecule has 1 aromatic heterocycles. The first-order chi connectivity index (χ1) is 11.2. The number of aromatic nitrogens is 1. The van der Waals surface area contributed by atoms with E-state index in [0.717, 1.165) is 12.1 Å². The molecule has 23 heavy (non-hydrogen) atoms. The molecule has 6 nitrogen and oxygen atoms in total. The van der Waals surface area contributed by atoms with Crippen molar-refractivity contribution in [2.24, 2.45) is 4.99 Å². The Morgan fingerprint density at radius 3 is 2.65 bits per heavy atom. The van der Waals surface area contributed by atoms with E-state index in [-0.39, 0.29) is 23.8 Å². The van der Waals surface area contributed by atoms with E-state index >= 15 is 0 Å². The molecule has 0 bridgehead atoms. The predicted octanol–water partition coefficient (Wildman–Crippen LogP) is 2.52. The zero-order chi connectivity index (χ0) is 16.7. The number of ether oxygens (including phenoxy) is 2. The van der Waals surface area contributed by atoms with E-state index in [1.54, 1.807) is 6.07 Å². The van der Waals surface area contributed by atoms with E-state index in [4.69, 9.17) is 9.47 Å². The van der Waals surface area contributed by atoms with Crippen molar-refractivity contribution in [3.8, 4) is 11.6 Å². The number of halogens is 2. The van der Waals surface area contributed by atoms with E-state index in [0.29, 0.717) is 6.61 Å². The van der Waals surface area contributed by atoms with Gasteiger partial charge < -0.3 is 9.47 Å².